The van der Waals surface area contributed by atoms with Gasteiger partial charge >= 0.3 is 0 Å². The third-order valence-corrected chi connectivity index (χ3v) is 3.73. The number of phenolic OH excluding ortho intramolecular Hbond substituents is 1. The average Bonchev–Trinajstić information content (AvgIpc) is 2.46. The van der Waals surface area contributed by atoms with Crippen molar-refractivity contribution >= 4 is 15.9 Å². The molecule has 0 amide bonds. The van der Waals surface area contributed by atoms with E-state index in [0.717, 1.165) is 15.8 Å². The molecular weight excluding hydrogens is 318 g/mol. The van der Waals surface area contributed by atoms with Gasteiger partial charge in [-0.25, -0.2) is 0 Å². The van der Waals surface area contributed by atoms with E-state index in [9.17, 15) is 5.11 Å². The molecule has 4 heteroatoms. The molecule has 0 fully saturated rings. The molecule has 2 rings (SSSR count). The first kappa shape index (κ1) is 14.9. The molecule has 1 unspecified atom stereocenters. The molecule has 20 heavy (non-hydrogen) atoms. The lowest BCUT2D eigenvalue weighted by atomic mass is 10.1. The topological polar surface area (TPSA) is 41.5 Å². The second-order valence-corrected chi connectivity index (χ2v) is 5.57. The summed E-state index contributed by atoms with van der Waals surface area (Å²) in [5.41, 5.74) is 2.02. The highest BCUT2D eigenvalue weighted by atomic mass is 79.9. The Balaban J connectivity index is 2.05. The highest BCUT2D eigenvalue weighted by Crippen LogP contribution is 2.24. The van der Waals surface area contributed by atoms with Crippen LogP contribution in [0.3, 0.4) is 0 Å². The zero-order valence-corrected chi connectivity index (χ0v) is 13.1. The molecule has 0 spiro atoms. The lowest BCUT2D eigenvalue weighted by molar-refractivity contribution is 0.409. The largest absolute Gasteiger partial charge is 0.508 e. The van der Waals surface area contributed by atoms with Crippen LogP contribution in [0.25, 0.3) is 0 Å². The molecule has 0 bridgehead atoms. The normalized spacial score (nSPS) is 12.2. The molecular formula is C16H18BrNO2. The quantitative estimate of drug-likeness (QED) is 0.867. The third-order valence-electron chi connectivity index (χ3n) is 3.23. The second kappa shape index (κ2) is 6.77. The molecule has 0 heterocycles. The number of rotatable bonds is 5. The van der Waals surface area contributed by atoms with Gasteiger partial charge in [0.15, 0.2) is 0 Å². The van der Waals surface area contributed by atoms with Crippen LogP contribution in [-0.4, -0.2) is 12.2 Å². The van der Waals surface area contributed by atoms with Crippen LogP contribution in [0.15, 0.2) is 46.9 Å². The zero-order chi connectivity index (χ0) is 14.5. The van der Waals surface area contributed by atoms with Gasteiger partial charge in [0.25, 0.3) is 0 Å². The van der Waals surface area contributed by atoms with E-state index in [2.05, 4.69) is 40.3 Å². The maximum Gasteiger partial charge on any atom is 0.120 e. The van der Waals surface area contributed by atoms with Crippen LogP contribution < -0.4 is 10.1 Å². The van der Waals surface area contributed by atoms with Crippen molar-refractivity contribution in [2.24, 2.45) is 0 Å². The molecule has 0 aliphatic carbocycles. The molecule has 106 valence electrons. The first-order chi connectivity index (χ1) is 9.60. The molecule has 1 atom stereocenters. The summed E-state index contributed by atoms with van der Waals surface area (Å²) in [5, 5.41) is 13.3. The van der Waals surface area contributed by atoms with Crippen molar-refractivity contribution in [2.45, 2.75) is 19.5 Å². The van der Waals surface area contributed by atoms with Gasteiger partial charge in [0.05, 0.1) is 7.11 Å². The predicted molar refractivity (Wildman–Crippen MR) is 84.1 cm³/mol. The van der Waals surface area contributed by atoms with E-state index in [-0.39, 0.29) is 11.8 Å². The summed E-state index contributed by atoms with van der Waals surface area (Å²) in [6.45, 7) is 2.68. The lowest BCUT2D eigenvalue weighted by Crippen LogP contribution is -2.18. The number of benzene rings is 2. The summed E-state index contributed by atoms with van der Waals surface area (Å²) in [5.74, 6) is 1.02. The third kappa shape index (κ3) is 3.74. The summed E-state index contributed by atoms with van der Waals surface area (Å²) in [7, 11) is 1.62. The lowest BCUT2D eigenvalue weighted by Gasteiger charge is -2.15. The van der Waals surface area contributed by atoms with Gasteiger partial charge in [-0.2, -0.15) is 0 Å². The number of ether oxygens (including phenoxy) is 1. The summed E-state index contributed by atoms with van der Waals surface area (Å²) in [6.07, 6.45) is 0. The van der Waals surface area contributed by atoms with Crippen molar-refractivity contribution in [3.05, 3.63) is 58.1 Å². The Bertz CT molecular complexity index is 586. The molecule has 0 aliphatic heterocycles. The monoisotopic (exact) mass is 335 g/mol. The molecule has 2 aromatic carbocycles. The van der Waals surface area contributed by atoms with Crippen LogP contribution in [-0.2, 0) is 6.54 Å². The van der Waals surface area contributed by atoms with Crippen LogP contribution in [0, 0.1) is 0 Å². The Morgan fingerprint density at radius 1 is 1.25 bits per heavy atom. The highest BCUT2D eigenvalue weighted by Gasteiger charge is 2.08. The maximum atomic E-state index is 9.85. The fraction of sp³-hybridized carbons (Fsp3) is 0.250. The Morgan fingerprint density at radius 3 is 2.75 bits per heavy atom. The van der Waals surface area contributed by atoms with E-state index in [1.54, 1.807) is 19.2 Å². The van der Waals surface area contributed by atoms with E-state index in [1.807, 2.05) is 18.2 Å². The second-order valence-electron chi connectivity index (χ2n) is 4.65. The van der Waals surface area contributed by atoms with Crippen LogP contribution >= 0.6 is 15.9 Å². The molecule has 0 aliphatic rings. The van der Waals surface area contributed by atoms with Crippen molar-refractivity contribution in [3.8, 4) is 11.5 Å². The SMILES string of the molecule is COc1ccc(O)c(CNC(C)c2cccc(Br)c2)c1. The molecule has 2 aromatic rings. The number of hydrogen-bond donors (Lipinski definition) is 2. The van der Waals surface area contributed by atoms with Crippen LogP contribution in [0.1, 0.15) is 24.1 Å². The van der Waals surface area contributed by atoms with E-state index < -0.39 is 0 Å². The fourth-order valence-electron chi connectivity index (χ4n) is 1.99. The number of halogens is 1. The number of nitrogens with one attached hydrogen (secondary N) is 1. The van der Waals surface area contributed by atoms with Gasteiger partial charge in [0.2, 0.25) is 0 Å². The van der Waals surface area contributed by atoms with Crippen molar-refractivity contribution in [1.29, 1.82) is 0 Å². The van der Waals surface area contributed by atoms with E-state index in [4.69, 9.17) is 4.74 Å². The van der Waals surface area contributed by atoms with Gasteiger partial charge in [0, 0.05) is 22.6 Å². The Morgan fingerprint density at radius 2 is 2.05 bits per heavy atom. The first-order valence-corrected chi connectivity index (χ1v) is 7.24. The van der Waals surface area contributed by atoms with Gasteiger partial charge in [-0.05, 0) is 42.8 Å². The van der Waals surface area contributed by atoms with Gasteiger partial charge in [-0.3, -0.25) is 0 Å². The van der Waals surface area contributed by atoms with Gasteiger partial charge in [-0.1, -0.05) is 28.1 Å². The summed E-state index contributed by atoms with van der Waals surface area (Å²) in [6, 6.07) is 13.6. The zero-order valence-electron chi connectivity index (χ0n) is 11.6. The highest BCUT2D eigenvalue weighted by molar-refractivity contribution is 9.10. The summed E-state index contributed by atoms with van der Waals surface area (Å²) < 4.78 is 6.23. The maximum absolute atomic E-state index is 9.85. The molecule has 3 nitrogen and oxygen atoms in total. The van der Waals surface area contributed by atoms with Crippen LogP contribution in [0.2, 0.25) is 0 Å². The van der Waals surface area contributed by atoms with Crippen molar-refractivity contribution in [3.63, 3.8) is 0 Å². The predicted octanol–water partition coefficient (Wildman–Crippen LogP) is 4.01. The van der Waals surface area contributed by atoms with Crippen LogP contribution in [0.5, 0.6) is 11.5 Å². The number of hydrogen-bond acceptors (Lipinski definition) is 3. The number of aromatic hydroxyl groups is 1. The molecule has 0 saturated carbocycles. The van der Waals surface area contributed by atoms with Crippen molar-refractivity contribution in [2.75, 3.05) is 7.11 Å². The van der Waals surface area contributed by atoms with E-state index in [0.29, 0.717) is 6.54 Å². The summed E-state index contributed by atoms with van der Waals surface area (Å²) in [4.78, 5) is 0. The standard InChI is InChI=1S/C16H18BrNO2/c1-11(12-4-3-5-14(17)8-12)18-10-13-9-15(20-2)6-7-16(13)19/h3-9,11,18-19H,10H2,1-2H3. The fourth-order valence-corrected chi connectivity index (χ4v) is 2.40. The average molecular weight is 336 g/mol. The van der Waals surface area contributed by atoms with Crippen molar-refractivity contribution in [1.82, 2.24) is 5.32 Å². The minimum Gasteiger partial charge on any atom is -0.508 e. The minimum atomic E-state index is 0.193. The molecule has 0 saturated heterocycles. The van der Waals surface area contributed by atoms with E-state index in [1.165, 1.54) is 5.56 Å². The molecule has 0 aromatic heterocycles. The Hall–Kier alpha value is -1.52. The van der Waals surface area contributed by atoms with Crippen LogP contribution in [0.4, 0.5) is 0 Å². The van der Waals surface area contributed by atoms with Gasteiger partial charge in [0.1, 0.15) is 11.5 Å². The van der Waals surface area contributed by atoms with Gasteiger partial charge < -0.3 is 15.2 Å². The van der Waals surface area contributed by atoms with E-state index >= 15 is 0 Å². The van der Waals surface area contributed by atoms with Crippen molar-refractivity contribution < 1.29 is 9.84 Å². The first-order valence-electron chi connectivity index (χ1n) is 6.45. The molecule has 0 radical (unpaired) electrons. The Labute approximate surface area is 127 Å². The number of phenols is 1. The molecule has 2 N–H and O–H groups in total. The summed E-state index contributed by atoms with van der Waals surface area (Å²) >= 11 is 3.47. The minimum absolute atomic E-state index is 0.193. The van der Waals surface area contributed by atoms with Gasteiger partial charge in [-0.15, -0.1) is 0 Å². The Kier molecular flexibility index (Phi) is 5.04. The smallest absolute Gasteiger partial charge is 0.120 e. The number of methoxy groups -OCH3 is 1.